The Bertz CT molecular complexity index is 4250. The van der Waals surface area contributed by atoms with Crippen molar-refractivity contribution >= 4 is 45.0 Å². The Balaban J connectivity index is 0.812. The lowest BCUT2D eigenvalue weighted by Crippen LogP contribution is -2.15. The Morgan fingerprint density at radius 1 is 0.275 bits per heavy atom. The molecule has 0 atom stereocenters. The van der Waals surface area contributed by atoms with E-state index < -0.39 is 0 Å². The highest BCUT2D eigenvalue weighted by Gasteiger charge is 2.37. The highest BCUT2D eigenvalue weighted by molar-refractivity contribution is 6.08. The van der Waals surface area contributed by atoms with E-state index in [0.717, 1.165) is 50.9 Å². The second-order valence-electron chi connectivity index (χ2n) is 21.3. The summed E-state index contributed by atoms with van der Waals surface area (Å²) in [5, 5.41) is 1.25. The Labute approximate surface area is 469 Å². The molecule has 0 aliphatic heterocycles. The van der Waals surface area contributed by atoms with Gasteiger partial charge in [-0.3, -0.25) is 0 Å². The molecular weight excluding hydrogens is 967 g/mol. The van der Waals surface area contributed by atoms with Gasteiger partial charge in [0.1, 0.15) is 0 Å². The van der Waals surface area contributed by atoms with Crippen molar-refractivity contribution in [2.24, 2.45) is 0 Å². The SMILES string of the molecule is CC1(C)c2cc(-c3ccc(N(c4ccc(-c5ccccc5)cc4)c4ccc(-c5ccc(N(c6ccccc6)c6ccccc6)cc5)cc4)cc3)ccc2-c2cc3c(-c4ccccc4)c(-c4ccccc4)n(-c4ccccc4)c3cc21. The van der Waals surface area contributed by atoms with Crippen LogP contribution in [0.4, 0.5) is 34.1 Å². The summed E-state index contributed by atoms with van der Waals surface area (Å²) >= 11 is 0. The number of nitrogens with zero attached hydrogens (tertiary/aromatic N) is 3. The van der Waals surface area contributed by atoms with Gasteiger partial charge < -0.3 is 14.4 Å². The van der Waals surface area contributed by atoms with Crippen LogP contribution in [0.3, 0.4) is 0 Å². The predicted octanol–water partition coefficient (Wildman–Crippen LogP) is 21.2. The third-order valence-corrected chi connectivity index (χ3v) is 16.2. The minimum atomic E-state index is -0.248. The highest BCUT2D eigenvalue weighted by Crippen LogP contribution is 2.54. The maximum absolute atomic E-state index is 2.49. The van der Waals surface area contributed by atoms with Gasteiger partial charge in [0.2, 0.25) is 0 Å². The molecule has 1 aliphatic rings. The van der Waals surface area contributed by atoms with E-state index in [1.54, 1.807) is 0 Å². The van der Waals surface area contributed by atoms with E-state index in [9.17, 15) is 0 Å². The van der Waals surface area contributed by atoms with E-state index in [-0.39, 0.29) is 5.41 Å². The fourth-order valence-electron chi connectivity index (χ4n) is 12.2. The summed E-state index contributed by atoms with van der Waals surface area (Å²) < 4.78 is 2.49. The van der Waals surface area contributed by atoms with Crippen molar-refractivity contribution in [3.05, 3.63) is 321 Å². The number of benzene rings is 12. The lowest BCUT2D eigenvalue weighted by molar-refractivity contribution is 0.661. The van der Waals surface area contributed by atoms with E-state index in [4.69, 9.17) is 0 Å². The van der Waals surface area contributed by atoms with Gasteiger partial charge in [0.15, 0.2) is 0 Å². The zero-order valence-electron chi connectivity index (χ0n) is 44.8. The fraction of sp³-hybridized carbons (Fsp3) is 0.0390. The van der Waals surface area contributed by atoms with Crippen LogP contribution in [0.15, 0.2) is 309 Å². The number of rotatable bonds is 12. The molecule has 0 fully saturated rings. The van der Waals surface area contributed by atoms with Gasteiger partial charge in [0, 0.05) is 56.2 Å². The highest BCUT2D eigenvalue weighted by atomic mass is 15.1. The van der Waals surface area contributed by atoms with Crippen molar-refractivity contribution in [3.63, 3.8) is 0 Å². The molecular formula is C77H57N3. The maximum Gasteiger partial charge on any atom is 0.0619 e. The summed E-state index contributed by atoms with van der Waals surface area (Å²) in [5.74, 6) is 0. The van der Waals surface area contributed by atoms with Gasteiger partial charge in [0.25, 0.3) is 0 Å². The van der Waals surface area contributed by atoms with E-state index in [1.807, 2.05) is 0 Å². The second kappa shape index (κ2) is 20.3. The van der Waals surface area contributed by atoms with Crippen LogP contribution in [0.1, 0.15) is 25.0 Å². The average molecular weight is 1020 g/mol. The standard InChI is InChI=1S/C77H57N3/c1-77(2)72-51-61(41-50-69(72)70-52-71-74(53-73(70)77)80(64-31-19-8-20-32-64)76(60-25-13-5-14-26-60)75(71)59-23-11-4-12-24-59)58-39-48-68(49-40-58)79(66-42-33-55(34-43-66)54-21-9-3-10-22-54)67-46-37-57(38-47-67)56-35-44-65(45-36-56)78(62-27-15-6-16-28-62)63-29-17-7-18-30-63/h3-53H,1-2H3. The first-order chi connectivity index (χ1) is 39.4. The van der Waals surface area contributed by atoms with Gasteiger partial charge in [-0.05, 0) is 170 Å². The fourth-order valence-corrected chi connectivity index (χ4v) is 12.2. The molecule has 1 aromatic heterocycles. The molecule has 0 bridgehead atoms. The molecule has 3 nitrogen and oxygen atoms in total. The average Bonchev–Trinajstić information content (AvgIpc) is 4.01. The van der Waals surface area contributed by atoms with Crippen molar-refractivity contribution in [3.8, 4) is 72.6 Å². The topological polar surface area (TPSA) is 11.4 Å². The Morgan fingerprint density at radius 2 is 0.613 bits per heavy atom. The summed E-state index contributed by atoms with van der Waals surface area (Å²) in [4.78, 5) is 4.67. The van der Waals surface area contributed by atoms with Crippen LogP contribution in [0.25, 0.3) is 83.5 Å². The van der Waals surface area contributed by atoms with Crippen molar-refractivity contribution < 1.29 is 0 Å². The van der Waals surface area contributed by atoms with E-state index in [0.29, 0.717) is 0 Å². The van der Waals surface area contributed by atoms with Crippen molar-refractivity contribution in [1.82, 2.24) is 4.57 Å². The van der Waals surface area contributed by atoms with Crippen molar-refractivity contribution in [1.29, 1.82) is 0 Å². The van der Waals surface area contributed by atoms with Gasteiger partial charge in [-0.15, -0.1) is 0 Å². The molecule has 1 heterocycles. The maximum atomic E-state index is 2.49. The molecule has 80 heavy (non-hydrogen) atoms. The van der Waals surface area contributed by atoms with Gasteiger partial charge in [-0.2, -0.15) is 0 Å². The third-order valence-electron chi connectivity index (χ3n) is 16.2. The van der Waals surface area contributed by atoms with Crippen LogP contribution >= 0.6 is 0 Å². The van der Waals surface area contributed by atoms with Crippen LogP contribution in [0, 0.1) is 0 Å². The number of anilines is 6. The molecule has 0 unspecified atom stereocenters. The van der Waals surface area contributed by atoms with Crippen LogP contribution in [0.2, 0.25) is 0 Å². The van der Waals surface area contributed by atoms with Crippen LogP contribution < -0.4 is 9.80 Å². The largest absolute Gasteiger partial charge is 0.311 e. The van der Waals surface area contributed by atoms with Gasteiger partial charge in [0.05, 0.1) is 11.2 Å². The number of hydrogen-bond donors (Lipinski definition) is 0. The third kappa shape index (κ3) is 8.66. The zero-order chi connectivity index (χ0) is 53.6. The Hall–Kier alpha value is -10.2. The lowest BCUT2D eigenvalue weighted by Gasteiger charge is -2.26. The number of aromatic nitrogens is 1. The zero-order valence-corrected chi connectivity index (χ0v) is 44.8. The first kappa shape index (κ1) is 48.2. The minimum absolute atomic E-state index is 0.248. The molecule has 0 saturated heterocycles. The molecule has 12 aromatic carbocycles. The number of fused-ring (bicyclic) bond motifs is 4. The summed E-state index contributed by atoms with van der Waals surface area (Å²) in [7, 11) is 0. The Kier molecular flexibility index (Phi) is 12.2. The lowest BCUT2D eigenvalue weighted by atomic mass is 9.81. The summed E-state index contributed by atoms with van der Waals surface area (Å²) in [5.41, 5.74) is 25.9. The van der Waals surface area contributed by atoms with Gasteiger partial charge >= 0.3 is 0 Å². The molecule has 0 N–H and O–H groups in total. The van der Waals surface area contributed by atoms with E-state index in [1.165, 1.54) is 77.8 Å². The molecule has 3 heteroatoms. The molecule has 0 saturated carbocycles. The smallest absolute Gasteiger partial charge is 0.0619 e. The monoisotopic (exact) mass is 1020 g/mol. The van der Waals surface area contributed by atoms with Crippen molar-refractivity contribution in [2.45, 2.75) is 19.3 Å². The molecule has 0 radical (unpaired) electrons. The van der Waals surface area contributed by atoms with Gasteiger partial charge in [-0.1, -0.05) is 220 Å². The van der Waals surface area contributed by atoms with E-state index in [2.05, 4.69) is 338 Å². The first-order valence-corrected chi connectivity index (χ1v) is 27.7. The number of hydrogen-bond acceptors (Lipinski definition) is 2. The summed E-state index contributed by atoms with van der Waals surface area (Å²) in [6.07, 6.45) is 0. The first-order valence-electron chi connectivity index (χ1n) is 27.7. The quantitative estimate of drug-likeness (QED) is 0.121. The van der Waals surface area contributed by atoms with Crippen LogP contribution in [-0.2, 0) is 5.41 Å². The molecule has 0 spiro atoms. The molecule has 14 rings (SSSR count). The van der Waals surface area contributed by atoms with E-state index >= 15 is 0 Å². The minimum Gasteiger partial charge on any atom is -0.311 e. The number of para-hydroxylation sites is 3. The second-order valence-corrected chi connectivity index (χ2v) is 21.3. The Morgan fingerprint density at radius 3 is 1.06 bits per heavy atom. The van der Waals surface area contributed by atoms with Crippen LogP contribution in [-0.4, -0.2) is 4.57 Å². The summed E-state index contributed by atoms with van der Waals surface area (Å²) in [6, 6.07) is 112. The van der Waals surface area contributed by atoms with Gasteiger partial charge in [-0.25, -0.2) is 0 Å². The molecule has 0 amide bonds. The molecule has 1 aliphatic carbocycles. The van der Waals surface area contributed by atoms with Crippen molar-refractivity contribution in [2.75, 3.05) is 9.80 Å². The summed E-state index contributed by atoms with van der Waals surface area (Å²) in [6.45, 7) is 4.80. The predicted molar refractivity (Wildman–Crippen MR) is 337 cm³/mol. The normalized spacial score (nSPS) is 12.2. The molecule has 13 aromatic rings. The molecule has 380 valence electrons. The van der Waals surface area contributed by atoms with Crippen LogP contribution in [0.5, 0.6) is 0 Å².